The minimum Gasteiger partial charge on any atom is -0.337 e. The lowest BCUT2D eigenvalue weighted by atomic mass is 10.0. The summed E-state index contributed by atoms with van der Waals surface area (Å²) in [5, 5.41) is 0. The van der Waals surface area contributed by atoms with Crippen LogP contribution >= 0.6 is 15.9 Å². The molecular weight excluding hydrogens is 306 g/mol. The van der Waals surface area contributed by atoms with Gasteiger partial charge in [0.15, 0.2) is 0 Å². The van der Waals surface area contributed by atoms with E-state index in [1.165, 1.54) is 4.90 Å². The van der Waals surface area contributed by atoms with Gasteiger partial charge in [0.05, 0.1) is 0 Å². The van der Waals surface area contributed by atoms with Gasteiger partial charge in [0.25, 0.3) is 5.91 Å². The zero-order chi connectivity index (χ0) is 13.3. The minimum atomic E-state index is -0.856. The van der Waals surface area contributed by atoms with Gasteiger partial charge in [-0.05, 0) is 25.0 Å². The van der Waals surface area contributed by atoms with Crippen LogP contribution in [0.5, 0.6) is 0 Å². The number of piperidine rings is 1. The van der Waals surface area contributed by atoms with E-state index in [1.807, 2.05) is 0 Å². The third-order valence-electron chi connectivity index (χ3n) is 2.97. The van der Waals surface area contributed by atoms with Crippen LogP contribution in [0.1, 0.15) is 23.2 Å². The van der Waals surface area contributed by atoms with E-state index in [0.717, 1.165) is 25.0 Å². The smallest absolute Gasteiger partial charge is 0.259 e. The number of benzene rings is 1. The van der Waals surface area contributed by atoms with E-state index in [-0.39, 0.29) is 10.5 Å². The Bertz CT molecular complexity index is 458. The van der Waals surface area contributed by atoms with E-state index < -0.39 is 23.1 Å². The molecular formula is C12H13BrF2N2O. The minimum absolute atomic E-state index is 0.121. The Kier molecular flexibility index (Phi) is 3.97. The summed E-state index contributed by atoms with van der Waals surface area (Å²) in [5.41, 5.74) is 5.25. The van der Waals surface area contributed by atoms with Gasteiger partial charge in [-0.3, -0.25) is 4.79 Å². The molecule has 98 valence electrons. The van der Waals surface area contributed by atoms with Gasteiger partial charge in [-0.2, -0.15) is 0 Å². The maximum absolute atomic E-state index is 13.7. The third kappa shape index (κ3) is 2.70. The second-order valence-corrected chi connectivity index (χ2v) is 5.31. The molecule has 2 rings (SSSR count). The topological polar surface area (TPSA) is 46.3 Å². The lowest BCUT2D eigenvalue weighted by Gasteiger charge is -2.31. The van der Waals surface area contributed by atoms with Crippen LogP contribution in [0.4, 0.5) is 8.78 Å². The molecule has 1 unspecified atom stereocenters. The second kappa shape index (κ2) is 5.32. The number of halogens is 3. The second-order valence-electron chi connectivity index (χ2n) is 4.40. The highest BCUT2D eigenvalue weighted by atomic mass is 79.9. The van der Waals surface area contributed by atoms with Crippen molar-refractivity contribution < 1.29 is 13.6 Å². The zero-order valence-electron chi connectivity index (χ0n) is 9.63. The van der Waals surface area contributed by atoms with Gasteiger partial charge < -0.3 is 10.6 Å². The highest BCUT2D eigenvalue weighted by Gasteiger charge is 2.27. The molecule has 0 aromatic heterocycles. The molecule has 1 amide bonds. The molecule has 1 atom stereocenters. The molecule has 0 radical (unpaired) electrons. The first-order chi connectivity index (χ1) is 8.49. The molecule has 18 heavy (non-hydrogen) atoms. The lowest BCUT2D eigenvalue weighted by molar-refractivity contribution is 0.0699. The monoisotopic (exact) mass is 318 g/mol. The van der Waals surface area contributed by atoms with Gasteiger partial charge in [0.1, 0.15) is 17.2 Å². The molecule has 1 heterocycles. The maximum atomic E-state index is 13.7. The van der Waals surface area contributed by atoms with E-state index >= 15 is 0 Å². The number of amides is 1. The number of rotatable bonds is 1. The highest BCUT2D eigenvalue weighted by Crippen LogP contribution is 2.22. The molecule has 6 heteroatoms. The molecule has 2 N–H and O–H groups in total. The number of hydrogen-bond donors (Lipinski definition) is 1. The summed E-state index contributed by atoms with van der Waals surface area (Å²) in [6.45, 7) is 0.829. The Hall–Kier alpha value is -1.01. The summed E-state index contributed by atoms with van der Waals surface area (Å²) in [7, 11) is 0. The van der Waals surface area contributed by atoms with Crippen LogP contribution in [0, 0.1) is 11.6 Å². The van der Waals surface area contributed by atoms with Gasteiger partial charge in [0.2, 0.25) is 0 Å². The van der Waals surface area contributed by atoms with Crippen molar-refractivity contribution in [2.24, 2.45) is 5.73 Å². The first-order valence-electron chi connectivity index (χ1n) is 5.68. The van der Waals surface area contributed by atoms with E-state index in [4.69, 9.17) is 5.73 Å². The fourth-order valence-corrected chi connectivity index (χ4v) is 2.50. The van der Waals surface area contributed by atoms with Crippen LogP contribution in [0.25, 0.3) is 0 Å². The summed E-state index contributed by atoms with van der Waals surface area (Å²) < 4.78 is 27.6. The number of likely N-dealkylation sites (tertiary alicyclic amines) is 1. The van der Waals surface area contributed by atoms with Gasteiger partial charge in [-0.25, -0.2) is 8.78 Å². The number of nitrogens with two attached hydrogens (primary N) is 1. The summed E-state index contributed by atoms with van der Waals surface area (Å²) >= 11 is 2.98. The number of carbonyl (C=O) groups excluding carboxylic acids is 1. The van der Waals surface area contributed by atoms with Crippen LogP contribution in [-0.4, -0.2) is 29.9 Å². The maximum Gasteiger partial charge on any atom is 0.259 e. The van der Waals surface area contributed by atoms with Crippen molar-refractivity contribution in [3.63, 3.8) is 0 Å². The number of hydrogen-bond acceptors (Lipinski definition) is 2. The average molecular weight is 319 g/mol. The van der Waals surface area contributed by atoms with E-state index in [9.17, 15) is 13.6 Å². The lowest BCUT2D eigenvalue weighted by Crippen LogP contribution is -2.46. The average Bonchev–Trinajstić information content (AvgIpc) is 2.27. The summed E-state index contributed by atoms with van der Waals surface area (Å²) in [6, 6.07) is 2.05. The van der Waals surface area contributed by atoms with Crippen LogP contribution in [0.3, 0.4) is 0 Å². The molecule has 0 bridgehead atoms. The van der Waals surface area contributed by atoms with Crippen LogP contribution in [-0.2, 0) is 0 Å². The fraction of sp³-hybridized carbons (Fsp3) is 0.417. The quantitative estimate of drug-likeness (QED) is 0.863. The van der Waals surface area contributed by atoms with Crippen molar-refractivity contribution in [1.29, 1.82) is 0 Å². The van der Waals surface area contributed by atoms with Gasteiger partial charge in [-0.1, -0.05) is 15.9 Å². The standard InChI is InChI=1S/C12H13BrF2N2O/c13-7-4-9(14)11(10(15)5-7)12(18)17-3-1-2-8(16)6-17/h4-5,8H,1-3,6,16H2. The molecule has 1 aliphatic heterocycles. The Balaban J connectivity index is 2.28. The van der Waals surface area contributed by atoms with Gasteiger partial charge >= 0.3 is 0 Å². The molecule has 1 fully saturated rings. The molecule has 0 spiro atoms. The largest absolute Gasteiger partial charge is 0.337 e. The number of carbonyl (C=O) groups is 1. The summed E-state index contributed by atoms with van der Waals surface area (Å²) in [6.07, 6.45) is 1.59. The van der Waals surface area contributed by atoms with Crippen LogP contribution in [0.2, 0.25) is 0 Å². The van der Waals surface area contributed by atoms with Crippen LogP contribution < -0.4 is 5.73 Å². The van der Waals surface area contributed by atoms with Crippen molar-refractivity contribution in [2.45, 2.75) is 18.9 Å². The Labute approximate surface area is 112 Å². The van der Waals surface area contributed by atoms with Crippen molar-refractivity contribution in [3.8, 4) is 0 Å². The van der Waals surface area contributed by atoms with Crippen LogP contribution in [0.15, 0.2) is 16.6 Å². The predicted octanol–water partition coefficient (Wildman–Crippen LogP) is 2.29. The third-order valence-corrected chi connectivity index (χ3v) is 3.42. The molecule has 0 aliphatic carbocycles. The normalized spacial score (nSPS) is 20.0. The van der Waals surface area contributed by atoms with Gasteiger partial charge in [0, 0.05) is 23.6 Å². The van der Waals surface area contributed by atoms with E-state index in [0.29, 0.717) is 13.1 Å². The summed E-state index contributed by atoms with van der Waals surface area (Å²) in [5.74, 6) is -2.34. The summed E-state index contributed by atoms with van der Waals surface area (Å²) in [4.78, 5) is 13.5. The molecule has 0 saturated carbocycles. The SMILES string of the molecule is NC1CCCN(C(=O)c2c(F)cc(Br)cc2F)C1. The molecule has 1 aromatic rings. The Morgan fingerprint density at radius 2 is 2.00 bits per heavy atom. The number of nitrogens with zero attached hydrogens (tertiary/aromatic N) is 1. The van der Waals surface area contributed by atoms with Crippen molar-refractivity contribution >= 4 is 21.8 Å². The Morgan fingerprint density at radius 1 is 1.39 bits per heavy atom. The van der Waals surface area contributed by atoms with Gasteiger partial charge in [-0.15, -0.1) is 0 Å². The molecule has 3 nitrogen and oxygen atoms in total. The zero-order valence-corrected chi connectivity index (χ0v) is 11.2. The molecule has 1 aliphatic rings. The van der Waals surface area contributed by atoms with Crippen molar-refractivity contribution in [3.05, 3.63) is 33.8 Å². The molecule has 1 saturated heterocycles. The first-order valence-corrected chi connectivity index (χ1v) is 6.47. The van der Waals surface area contributed by atoms with E-state index in [1.54, 1.807) is 0 Å². The fourth-order valence-electron chi connectivity index (χ4n) is 2.10. The van der Waals surface area contributed by atoms with Crippen molar-refractivity contribution in [2.75, 3.05) is 13.1 Å². The predicted molar refractivity (Wildman–Crippen MR) is 67.2 cm³/mol. The van der Waals surface area contributed by atoms with Crippen molar-refractivity contribution in [1.82, 2.24) is 4.90 Å². The first kappa shape index (κ1) is 13.4. The Morgan fingerprint density at radius 3 is 2.56 bits per heavy atom. The highest BCUT2D eigenvalue weighted by molar-refractivity contribution is 9.10. The molecule has 1 aromatic carbocycles. The van der Waals surface area contributed by atoms with E-state index in [2.05, 4.69) is 15.9 Å².